The maximum atomic E-state index is 13.8. The van der Waals surface area contributed by atoms with Gasteiger partial charge >= 0.3 is 0 Å². The van der Waals surface area contributed by atoms with E-state index in [9.17, 15) is 13.9 Å². The Hall–Kier alpha value is -2.93. The van der Waals surface area contributed by atoms with Gasteiger partial charge in [0.2, 0.25) is 5.88 Å². The van der Waals surface area contributed by atoms with Gasteiger partial charge in [-0.2, -0.15) is 9.61 Å². The van der Waals surface area contributed by atoms with E-state index in [1.807, 2.05) is 30.3 Å². The second kappa shape index (κ2) is 6.76. The zero-order valence-electron chi connectivity index (χ0n) is 13.4. The van der Waals surface area contributed by atoms with Crippen molar-refractivity contribution >= 4 is 17.4 Å². The Morgan fingerprint density at radius 3 is 2.65 bits per heavy atom. The highest BCUT2D eigenvalue weighted by atomic mass is 32.2. The van der Waals surface area contributed by atoms with Crippen LogP contribution >= 0.6 is 11.8 Å². The predicted octanol–water partition coefficient (Wildman–Crippen LogP) is 4.67. The predicted molar refractivity (Wildman–Crippen MR) is 96.0 cm³/mol. The van der Waals surface area contributed by atoms with Crippen LogP contribution in [0.4, 0.5) is 8.78 Å². The van der Waals surface area contributed by atoms with Gasteiger partial charge in [0.25, 0.3) is 0 Å². The first-order chi connectivity index (χ1) is 12.6. The molecule has 0 unspecified atom stereocenters. The Bertz CT molecular complexity index is 1080. The van der Waals surface area contributed by atoms with Gasteiger partial charge in [0.15, 0.2) is 17.3 Å². The summed E-state index contributed by atoms with van der Waals surface area (Å²) in [5, 5.41) is 14.4. The highest BCUT2D eigenvalue weighted by Gasteiger charge is 2.14. The molecule has 26 heavy (non-hydrogen) atoms. The van der Waals surface area contributed by atoms with Crippen LogP contribution in [-0.4, -0.2) is 19.7 Å². The molecule has 2 heterocycles. The number of halogens is 2. The number of fused-ring (bicyclic) bond motifs is 1. The summed E-state index contributed by atoms with van der Waals surface area (Å²) < 4.78 is 28.5. The summed E-state index contributed by atoms with van der Waals surface area (Å²) in [5.74, 6) is -1.54. The Balaban J connectivity index is 1.69. The number of thioether (sulfide) groups is 1. The van der Waals surface area contributed by atoms with Crippen LogP contribution in [0.2, 0.25) is 0 Å². The number of nitrogens with zero attached hydrogens (tertiary/aromatic N) is 3. The van der Waals surface area contributed by atoms with E-state index < -0.39 is 11.6 Å². The molecular weight excluding hydrogens is 356 g/mol. The first-order valence-electron chi connectivity index (χ1n) is 7.82. The first-order valence-corrected chi connectivity index (χ1v) is 8.81. The molecule has 0 atom stereocenters. The lowest BCUT2D eigenvalue weighted by Gasteiger charge is -2.06. The molecule has 2 aromatic heterocycles. The van der Waals surface area contributed by atoms with Crippen molar-refractivity contribution in [2.75, 3.05) is 0 Å². The SMILES string of the molecule is Oc1cc(CSc2cccc(F)c2F)nc2c(-c3ccccc3)cnn12. The van der Waals surface area contributed by atoms with Gasteiger partial charge < -0.3 is 5.11 Å². The number of hydrogen-bond acceptors (Lipinski definition) is 4. The van der Waals surface area contributed by atoms with Crippen molar-refractivity contribution in [2.24, 2.45) is 0 Å². The van der Waals surface area contributed by atoms with Crippen LogP contribution in [-0.2, 0) is 5.75 Å². The molecular formula is C19H13F2N3OS. The van der Waals surface area contributed by atoms with Gasteiger partial charge in [-0.15, -0.1) is 11.8 Å². The van der Waals surface area contributed by atoms with E-state index in [0.29, 0.717) is 11.3 Å². The van der Waals surface area contributed by atoms with E-state index in [4.69, 9.17) is 0 Å². The van der Waals surface area contributed by atoms with Crippen molar-refractivity contribution in [3.8, 4) is 17.0 Å². The van der Waals surface area contributed by atoms with E-state index in [0.717, 1.165) is 29.0 Å². The molecule has 4 nitrogen and oxygen atoms in total. The van der Waals surface area contributed by atoms with Gasteiger partial charge in [-0.3, -0.25) is 0 Å². The van der Waals surface area contributed by atoms with Gasteiger partial charge in [0.05, 0.1) is 11.9 Å². The van der Waals surface area contributed by atoms with E-state index >= 15 is 0 Å². The zero-order chi connectivity index (χ0) is 18.1. The number of hydrogen-bond donors (Lipinski definition) is 1. The van der Waals surface area contributed by atoms with Gasteiger partial charge in [0, 0.05) is 22.3 Å². The molecule has 4 aromatic rings. The summed E-state index contributed by atoms with van der Waals surface area (Å²) in [6, 6.07) is 15.1. The van der Waals surface area contributed by atoms with E-state index in [2.05, 4.69) is 10.1 Å². The maximum absolute atomic E-state index is 13.8. The minimum atomic E-state index is -0.886. The summed E-state index contributed by atoms with van der Waals surface area (Å²) in [4.78, 5) is 4.74. The number of aromatic nitrogens is 3. The lowest BCUT2D eigenvalue weighted by molar-refractivity contribution is 0.434. The second-order valence-electron chi connectivity index (χ2n) is 5.61. The average molecular weight is 369 g/mol. The van der Waals surface area contributed by atoms with Crippen LogP contribution in [0.15, 0.2) is 65.7 Å². The Morgan fingerprint density at radius 1 is 1.04 bits per heavy atom. The average Bonchev–Trinajstić information content (AvgIpc) is 3.08. The summed E-state index contributed by atoms with van der Waals surface area (Å²) in [7, 11) is 0. The van der Waals surface area contributed by atoms with Crippen molar-refractivity contribution in [2.45, 2.75) is 10.6 Å². The van der Waals surface area contributed by atoms with E-state index in [1.54, 1.807) is 6.20 Å². The molecule has 0 amide bonds. The fourth-order valence-electron chi connectivity index (χ4n) is 2.64. The van der Waals surface area contributed by atoms with Crippen molar-refractivity contribution in [3.05, 3.63) is 78.1 Å². The third kappa shape index (κ3) is 3.01. The standard InChI is InChI=1S/C19H13F2N3OS/c20-15-7-4-8-16(18(15)21)26-11-13-9-17(25)24-19(23-13)14(10-22-24)12-5-2-1-3-6-12/h1-10,25H,11H2. The van der Waals surface area contributed by atoms with Crippen molar-refractivity contribution in [1.82, 2.24) is 14.6 Å². The number of rotatable bonds is 4. The lowest BCUT2D eigenvalue weighted by atomic mass is 10.1. The molecule has 0 bridgehead atoms. The molecule has 0 fully saturated rings. The maximum Gasteiger partial charge on any atom is 0.215 e. The molecule has 0 saturated carbocycles. The lowest BCUT2D eigenvalue weighted by Crippen LogP contribution is -1.97. The zero-order valence-corrected chi connectivity index (χ0v) is 14.3. The third-order valence-electron chi connectivity index (χ3n) is 3.88. The Kier molecular flexibility index (Phi) is 4.30. The normalized spacial score (nSPS) is 11.2. The van der Waals surface area contributed by atoms with Crippen molar-refractivity contribution in [1.29, 1.82) is 0 Å². The quantitative estimate of drug-likeness (QED) is 0.531. The van der Waals surface area contributed by atoms with Gasteiger partial charge in [-0.1, -0.05) is 36.4 Å². The van der Waals surface area contributed by atoms with Crippen LogP contribution < -0.4 is 0 Å². The van der Waals surface area contributed by atoms with E-state index in [-0.39, 0.29) is 16.5 Å². The van der Waals surface area contributed by atoms with Gasteiger partial charge in [0.1, 0.15) is 0 Å². The molecule has 0 aliphatic carbocycles. The van der Waals surface area contributed by atoms with Gasteiger partial charge in [-0.25, -0.2) is 13.8 Å². The third-order valence-corrected chi connectivity index (χ3v) is 4.95. The summed E-state index contributed by atoms with van der Waals surface area (Å²) >= 11 is 1.12. The topological polar surface area (TPSA) is 50.4 Å². The molecule has 0 saturated heterocycles. The monoisotopic (exact) mass is 369 g/mol. The highest BCUT2D eigenvalue weighted by molar-refractivity contribution is 7.98. The van der Waals surface area contributed by atoms with E-state index in [1.165, 1.54) is 22.7 Å². The van der Waals surface area contributed by atoms with Gasteiger partial charge in [-0.05, 0) is 17.7 Å². The van der Waals surface area contributed by atoms with Crippen LogP contribution in [0.1, 0.15) is 5.69 Å². The summed E-state index contributed by atoms with van der Waals surface area (Å²) in [6.07, 6.45) is 1.64. The molecule has 130 valence electrons. The molecule has 1 N–H and O–H groups in total. The second-order valence-corrected chi connectivity index (χ2v) is 6.62. The number of benzene rings is 2. The minimum Gasteiger partial charge on any atom is -0.493 e. The summed E-state index contributed by atoms with van der Waals surface area (Å²) in [6.45, 7) is 0. The van der Waals surface area contributed by atoms with Crippen LogP contribution in [0.25, 0.3) is 16.8 Å². The van der Waals surface area contributed by atoms with Crippen molar-refractivity contribution in [3.63, 3.8) is 0 Å². The highest BCUT2D eigenvalue weighted by Crippen LogP contribution is 2.30. The van der Waals surface area contributed by atoms with Crippen molar-refractivity contribution < 1.29 is 13.9 Å². The Labute approximate surface area is 152 Å². The number of aromatic hydroxyl groups is 1. The molecule has 0 radical (unpaired) electrons. The molecule has 0 aliphatic rings. The molecule has 4 rings (SSSR count). The minimum absolute atomic E-state index is 0.0625. The molecule has 7 heteroatoms. The molecule has 0 spiro atoms. The molecule has 2 aromatic carbocycles. The largest absolute Gasteiger partial charge is 0.493 e. The summed E-state index contributed by atoms with van der Waals surface area (Å²) in [5.41, 5.74) is 2.76. The fraction of sp³-hybridized carbons (Fsp3) is 0.0526. The Morgan fingerprint density at radius 2 is 1.85 bits per heavy atom. The van der Waals surface area contributed by atoms with Crippen LogP contribution in [0.5, 0.6) is 5.88 Å². The van der Waals surface area contributed by atoms with Crippen LogP contribution in [0.3, 0.4) is 0 Å². The van der Waals surface area contributed by atoms with Crippen LogP contribution in [0, 0.1) is 11.6 Å². The fourth-order valence-corrected chi connectivity index (χ4v) is 3.49. The smallest absolute Gasteiger partial charge is 0.215 e. The molecule has 0 aliphatic heterocycles. The first kappa shape index (κ1) is 16.5.